The predicted molar refractivity (Wildman–Crippen MR) is 114 cm³/mol. The molecule has 5 rings (SSSR count). The monoisotopic (exact) mass is 379 g/mol. The van der Waals surface area contributed by atoms with Gasteiger partial charge in [0, 0.05) is 16.4 Å². The molecule has 2 aromatic carbocycles. The Labute approximate surface area is 162 Å². The van der Waals surface area contributed by atoms with E-state index in [1.807, 2.05) is 23.5 Å². The molecule has 5 heteroatoms. The van der Waals surface area contributed by atoms with E-state index in [1.165, 1.54) is 32.3 Å². The van der Waals surface area contributed by atoms with Gasteiger partial charge in [-0.3, -0.25) is 15.3 Å². The largest absolute Gasteiger partial charge is 0.281 e. The summed E-state index contributed by atoms with van der Waals surface area (Å²) in [5.74, 6) is 0. The second-order valence-electron chi connectivity index (χ2n) is 7.21. The zero-order chi connectivity index (χ0) is 17.7. The molecule has 3 aliphatic rings. The van der Waals surface area contributed by atoms with Crippen molar-refractivity contribution >= 4 is 33.6 Å². The molecular formula is C21H21N3S2. The third-order valence-electron chi connectivity index (χ3n) is 5.15. The van der Waals surface area contributed by atoms with E-state index in [0.29, 0.717) is 16.7 Å². The lowest BCUT2D eigenvalue weighted by molar-refractivity contribution is 0.374. The zero-order valence-corrected chi connectivity index (χ0v) is 16.5. The molecule has 3 nitrogen and oxygen atoms in total. The molecule has 0 aromatic heterocycles. The van der Waals surface area contributed by atoms with Crippen LogP contribution in [0.3, 0.4) is 0 Å². The number of fused-ring (bicyclic) bond motifs is 2. The molecule has 1 N–H and O–H groups in total. The Morgan fingerprint density at radius 1 is 0.808 bits per heavy atom. The van der Waals surface area contributed by atoms with Crippen LogP contribution in [0.25, 0.3) is 0 Å². The number of hydrogen-bond donors (Lipinski definition) is 1. The van der Waals surface area contributed by atoms with E-state index in [9.17, 15) is 0 Å². The van der Waals surface area contributed by atoms with Gasteiger partial charge in [0.05, 0.1) is 16.5 Å². The second-order valence-corrected chi connectivity index (χ2v) is 9.57. The maximum atomic E-state index is 5.03. The van der Waals surface area contributed by atoms with Gasteiger partial charge in [-0.05, 0) is 20.3 Å². The Kier molecular flexibility index (Phi) is 4.18. The molecule has 26 heavy (non-hydrogen) atoms. The second kappa shape index (κ2) is 6.55. The lowest BCUT2D eigenvalue weighted by Crippen LogP contribution is -2.50. The summed E-state index contributed by atoms with van der Waals surface area (Å²) in [7, 11) is 0. The summed E-state index contributed by atoms with van der Waals surface area (Å²) in [4.78, 5) is 10.0. The van der Waals surface area contributed by atoms with Crippen molar-refractivity contribution < 1.29 is 0 Å². The molecule has 3 aliphatic heterocycles. The number of hydrogen-bond acceptors (Lipinski definition) is 5. The minimum absolute atomic E-state index is 0.206. The summed E-state index contributed by atoms with van der Waals surface area (Å²) in [6, 6.07) is 17.7. The first-order valence-corrected chi connectivity index (χ1v) is 10.8. The fourth-order valence-electron chi connectivity index (χ4n) is 3.62. The van der Waals surface area contributed by atoms with Gasteiger partial charge in [-0.15, -0.1) is 0 Å². The van der Waals surface area contributed by atoms with E-state index in [0.717, 1.165) is 6.42 Å². The molecule has 132 valence electrons. The number of thioether (sulfide) groups is 2. The number of benzene rings is 2. The van der Waals surface area contributed by atoms with Crippen molar-refractivity contribution in [3.8, 4) is 0 Å². The molecule has 2 aromatic rings. The van der Waals surface area contributed by atoms with Gasteiger partial charge in [-0.1, -0.05) is 83.2 Å². The van der Waals surface area contributed by atoms with Crippen LogP contribution in [0.15, 0.2) is 58.5 Å². The molecule has 4 unspecified atom stereocenters. The molecule has 0 spiro atoms. The fourth-order valence-corrected chi connectivity index (χ4v) is 6.16. The normalized spacial score (nSPS) is 29.8. The van der Waals surface area contributed by atoms with Crippen LogP contribution < -0.4 is 5.32 Å². The van der Waals surface area contributed by atoms with E-state index >= 15 is 0 Å². The highest BCUT2D eigenvalue weighted by molar-refractivity contribution is 8.15. The molecule has 0 amide bonds. The molecule has 1 fully saturated rings. The molecule has 4 atom stereocenters. The summed E-state index contributed by atoms with van der Waals surface area (Å²) < 4.78 is 0. The number of rotatable bonds is 2. The van der Waals surface area contributed by atoms with E-state index in [2.05, 4.69) is 67.7 Å². The van der Waals surface area contributed by atoms with E-state index in [4.69, 9.17) is 9.98 Å². The Balaban J connectivity index is 1.32. The van der Waals surface area contributed by atoms with Gasteiger partial charge in [0.1, 0.15) is 11.2 Å². The van der Waals surface area contributed by atoms with Gasteiger partial charge in [0.25, 0.3) is 0 Å². The quantitative estimate of drug-likeness (QED) is 0.842. The molecule has 0 bridgehead atoms. The SMILES string of the molecule is Cc1ccc(C2=NC3NC4SC(c5ccc(C)cc5)=NC4CC3S2)cc1. The fraction of sp³-hybridized carbons (Fsp3) is 0.333. The van der Waals surface area contributed by atoms with Gasteiger partial charge >= 0.3 is 0 Å². The maximum Gasteiger partial charge on any atom is 0.114 e. The van der Waals surface area contributed by atoms with Crippen LogP contribution >= 0.6 is 23.5 Å². The topological polar surface area (TPSA) is 36.8 Å². The first kappa shape index (κ1) is 16.6. The van der Waals surface area contributed by atoms with Crippen LogP contribution in [0.2, 0.25) is 0 Å². The van der Waals surface area contributed by atoms with Crippen molar-refractivity contribution in [1.29, 1.82) is 0 Å². The van der Waals surface area contributed by atoms with Gasteiger partial charge in [0.2, 0.25) is 0 Å². The van der Waals surface area contributed by atoms with Crippen molar-refractivity contribution in [1.82, 2.24) is 5.32 Å². The highest BCUT2D eigenvalue weighted by atomic mass is 32.2. The summed E-state index contributed by atoms with van der Waals surface area (Å²) in [6.07, 6.45) is 1.30. The Morgan fingerprint density at radius 2 is 1.38 bits per heavy atom. The molecule has 0 radical (unpaired) electrons. The molecule has 3 heterocycles. The van der Waals surface area contributed by atoms with E-state index in [1.54, 1.807) is 0 Å². The van der Waals surface area contributed by atoms with Crippen LogP contribution in [0, 0.1) is 13.8 Å². The molecule has 0 saturated carbocycles. The lowest BCUT2D eigenvalue weighted by atomic mass is 10.1. The standard InChI is InChI=1S/C21H21N3S2/c1-12-3-7-14(8-4-12)19-22-16-11-17-18(24-21(16)26-19)23-20(25-17)15-9-5-13(2)6-10-15/h3-10,16-18,21,24H,11H2,1-2H3. The first-order valence-electron chi connectivity index (χ1n) is 9.05. The van der Waals surface area contributed by atoms with Crippen molar-refractivity contribution in [3.05, 3.63) is 70.8 Å². The van der Waals surface area contributed by atoms with E-state index in [-0.39, 0.29) is 6.17 Å². The van der Waals surface area contributed by atoms with E-state index < -0.39 is 0 Å². The highest BCUT2D eigenvalue weighted by Gasteiger charge is 2.44. The summed E-state index contributed by atoms with van der Waals surface area (Å²) in [6.45, 7) is 4.24. The Bertz CT molecular complexity index is 811. The van der Waals surface area contributed by atoms with Crippen LogP contribution in [-0.4, -0.2) is 32.9 Å². The summed E-state index contributed by atoms with van der Waals surface area (Å²) in [5, 5.41) is 6.90. The van der Waals surface area contributed by atoms with Gasteiger partial charge in [-0.25, -0.2) is 0 Å². The van der Waals surface area contributed by atoms with Crippen LogP contribution in [0.5, 0.6) is 0 Å². The predicted octanol–water partition coefficient (Wildman–Crippen LogP) is 4.37. The number of aryl methyl sites for hydroxylation is 2. The number of aliphatic imine (C=N–C) groups is 2. The zero-order valence-electron chi connectivity index (χ0n) is 14.8. The first-order chi connectivity index (χ1) is 12.7. The van der Waals surface area contributed by atoms with Gasteiger partial charge in [-0.2, -0.15) is 0 Å². The molecule has 1 saturated heterocycles. The molecular weight excluding hydrogens is 358 g/mol. The van der Waals surface area contributed by atoms with Crippen molar-refractivity contribution in [2.24, 2.45) is 9.98 Å². The average Bonchev–Trinajstić information content (AvgIpc) is 3.23. The number of nitrogens with one attached hydrogen (secondary N) is 1. The van der Waals surface area contributed by atoms with Crippen molar-refractivity contribution in [2.45, 2.75) is 43.1 Å². The third kappa shape index (κ3) is 3.02. The third-order valence-corrected chi connectivity index (χ3v) is 7.73. The summed E-state index contributed by atoms with van der Waals surface area (Å²) in [5.41, 5.74) is 5.05. The van der Waals surface area contributed by atoms with Crippen molar-refractivity contribution in [2.75, 3.05) is 0 Å². The smallest absolute Gasteiger partial charge is 0.114 e. The number of nitrogens with zero attached hydrogens (tertiary/aromatic N) is 2. The number of piperidine rings is 1. The van der Waals surface area contributed by atoms with Crippen molar-refractivity contribution in [3.63, 3.8) is 0 Å². The summed E-state index contributed by atoms with van der Waals surface area (Å²) >= 11 is 3.77. The minimum atomic E-state index is 0.206. The Morgan fingerprint density at radius 3 is 2.00 bits per heavy atom. The Hall–Kier alpha value is -1.56. The van der Waals surface area contributed by atoms with Crippen LogP contribution in [0.4, 0.5) is 0 Å². The van der Waals surface area contributed by atoms with Gasteiger partial charge in [0.15, 0.2) is 0 Å². The maximum absolute atomic E-state index is 5.03. The van der Waals surface area contributed by atoms with Gasteiger partial charge < -0.3 is 0 Å². The lowest BCUT2D eigenvalue weighted by Gasteiger charge is -2.32. The molecule has 0 aliphatic carbocycles. The highest BCUT2D eigenvalue weighted by Crippen LogP contribution is 2.42. The van der Waals surface area contributed by atoms with Crippen LogP contribution in [0.1, 0.15) is 28.7 Å². The minimum Gasteiger partial charge on any atom is -0.281 e. The average molecular weight is 380 g/mol. The van der Waals surface area contributed by atoms with Crippen LogP contribution in [-0.2, 0) is 0 Å².